The van der Waals surface area contributed by atoms with Gasteiger partial charge in [-0.15, -0.1) is 0 Å². The summed E-state index contributed by atoms with van der Waals surface area (Å²) in [5.74, 6) is 0.344. The van der Waals surface area contributed by atoms with E-state index >= 15 is 0 Å². The number of hydrogen-bond acceptors (Lipinski definition) is 8. The number of ether oxygens (including phenoxy) is 1. The number of hydrogen-bond donors (Lipinski definition) is 2. The Bertz CT molecular complexity index is 1200. The smallest absolute Gasteiger partial charge is 0.381 e. The first-order chi connectivity index (χ1) is 15.1. The number of aromatic amines is 1. The maximum Gasteiger partial charge on any atom is 0.381 e. The largest absolute Gasteiger partial charge is 0.424 e. The molecule has 174 valence electrons. The number of rotatable bonds is 5. The number of para-hydroxylation sites is 1. The number of aliphatic hydroxyl groups is 1. The predicted molar refractivity (Wildman–Crippen MR) is 108 cm³/mol. The van der Waals surface area contributed by atoms with E-state index in [0.29, 0.717) is 15.9 Å². The van der Waals surface area contributed by atoms with E-state index in [1.165, 1.54) is 0 Å². The molecule has 2 aliphatic rings. The molecule has 1 fully saturated rings. The second kappa shape index (κ2) is 8.56. The summed E-state index contributed by atoms with van der Waals surface area (Å²) < 4.78 is 64.8. The summed E-state index contributed by atoms with van der Waals surface area (Å²) in [6, 6.07) is 6.71. The fraction of sp³-hybridized carbons (Fsp3) is 0.412. The third-order valence-electron chi connectivity index (χ3n) is 4.99. The van der Waals surface area contributed by atoms with E-state index in [1.807, 2.05) is 0 Å². The van der Waals surface area contributed by atoms with Crippen molar-refractivity contribution in [1.29, 1.82) is 0 Å². The third kappa shape index (κ3) is 4.03. The molecule has 1 saturated heterocycles. The van der Waals surface area contributed by atoms with Crippen LogP contribution in [0.1, 0.15) is 11.8 Å². The van der Waals surface area contributed by atoms with E-state index in [9.17, 15) is 27.9 Å². The van der Waals surface area contributed by atoms with Crippen molar-refractivity contribution in [3.8, 4) is 5.75 Å². The fourth-order valence-corrected chi connectivity index (χ4v) is 5.22. The Kier molecular flexibility index (Phi) is 6.27. The lowest BCUT2D eigenvalue weighted by molar-refractivity contribution is -0.193. The van der Waals surface area contributed by atoms with Crippen LogP contribution in [0.2, 0.25) is 5.02 Å². The van der Waals surface area contributed by atoms with Crippen LogP contribution < -0.4 is 15.8 Å². The van der Waals surface area contributed by atoms with Crippen LogP contribution in [-0.2, 0) is 32.2 Å². The van der Waals surface area contributed by atoms with Crippen molar-refractivity contribution in [2.24, 2.45) is 0 Å². The number of aliphatic hydroxyl groups excluding tert-OH is 1. The van der Waals surface area contributed by atoms with Gasteiger partial charge in [-0.25, -0.2) is 18.0 Å². The van der Waals surface area contributed by atoms with E-state index in [0.717, 1.165) is 6.20 Å². The normalized spacial score (nSPS) is 32.0. The van der Waals surface area contributed by atoms with E-state index in [4.69, 9.17) is 41.7 Å². The molecule has 9 nitrogen and oxygen atoms in total. The highest BCUT2D eigenvalue weighted by molar-refractivity contribution is 8.07. The number of alkyl halides is 3. The van der Waals surface area contributed by atoms with Gasteiger partial charge in [-0.3, -0.25) is 23.4 Å². The summed E-state index contributed by atoms with van der Waals surface area (Å²) in [6.07, 6.45) is -9.70. The molecule has 1 aromatic heterocycles. The molecule has 0 saturated carbocycles. The van der Waals surface area contributed by atoms with Crippen LogP contribution in [0.15, 0.2) is 40.1 Å². The van der Waals surface area contributed by atoms with Gasteiger partial charge in [0.15, 0.2) is 18.0 Å². The van der Waals surface area contributed by atoms with E-state index in [-0.39, 0.29) is 6.61 Å². The highest BCUT2D eigenvalue weighted by atomic mass is 35.5. The Morgan fingerprint density at radius 2 is 2.12 bits per heavy atom. The average Bonchev–Trinajstić information content (AvgIpc) is 3.01. The number of aromatic nitrogens is 2. The SMILES string of the molecule is O=c1[nH]c(=O)n(C2OC(COP3(=S)OCc4ccccc4O3)(C(F)F)C(O)C2F)cc1Cl. The highest BCUT2D eigenvalue weighted by Crippen LogP contribution is 2.56. The lowest BCUT2D eigenvalue weighted by Gasteiger charge is -2.34. The number of benzene rings is 1. The molecule has 0 aliphatic carbocycles. The molecule has 15 heteroatoms. The number of fused-ring (bicyclic) bond motifs is 1. The first-order valence-electron chi connectivity index (χ1n) is 9.02. The van der Waals surface area contributed by atoms with Gasteiger partial charge in [-0.2, -0.15) is 0 Å². The number of H-pyrrole nitrogens is 1. The fourth-order valence-electron chi connectivity index (χ4n) is 3.26. The van der Waals surface area contributed by atoms with Gasteiger partial charge < -0.3 is 14.4 Å². The number of nitrogens with zero attached hydrogens (tertiary/aromatic N) is 1. The minimum atomic E-state index is -3.59. The van der Waals surface area contributed by atoms with Crippen LogP contribution in [0.5, 0.6) is 5.75 Å². The van der Waals surface area contributed by atoms with Crippen LogP contribution in [0, 0.1) is 0 Å². The van der Waals surface area contributed by atoms with Crippen LogP contribution in [0.4, 0.5) is 13.2 Å². The molecule has 32 heavy (non-hydrogen) atoms. The minimum absolute atomic E-state index is 0.00181. The lowest BCUT2D eigenvalue weighted by atomic mass is 9.97. The van der Waals surface area contributed by atoms with Crippen LogP contribution in [0.25, 0.3) is 0 Å². The topological polar surface area (TPSA) is 112 Å². The molecule has 0 amide bonds. The standard InChI is InChI=1S/C17H15ClF3N2O7PS/c18-9-5-23(16(26)22-13(9)25)14-11(19)12(24)17(29-14,15(20)21)7-28-31(32)27-6-8-3-1-2-4-10(8)30-31/h1-5,11-12,14-15,24H,6-7H2,(H,22,25,26). The molecule has 2 aromatic rings. The van der Waals surface area contributed by atoms with Crippen molar-refractivity contribution in [2.75, 3.05) is 6.61 Å². The van der Waals surface area contributed by atoms with Gasteiger partial charge in [0, 0.05) is 23.6 Å². The summed E-state index contributed by atoms with van der Waals surface area (Å²) in [5.41, 5.74) is -4.39. The maximum atomic E-state index is 14.9. The number of nitrogens with one attached hydrogen (secondary N) is 1. The molecule has 1 aromatic carbocycles. The molecular weight excluding hydrogens is 500 g/mol. The van der Waals surface area contributed by atoms with Crippen LogP contribution in [-0.4, -0.2) is 45.6 Å². The summed E-state index contributed by atoms with van der Waals surface area (Å²) in [5, 5.41) is 9.80. The Morgan fingerprint density at radius 3 is 2.84 bits per heavy atom. The second-order valence-electron chi connectivity index (χ2n) is 6.99. The molecule has 0 bridgehead atoms. The van der Waals surface area contributed by atoms with E-state index < -0.39 is 60.1 Å². The quantitative estimate of drug-likeness (QED) is 0.585. The summed E-state index contributed by atoms with van der Waals surface area (Å²) in [4.78, 5) is 25.3. The molecule has 3 heterocycles. The van der Waals surface area contributed by atoms with Gasteiger partial charge in [0.05, 0.1) is 13.2 Å². The zero-order valence-corrected chi connectivity index (χ0v) is 18.3. The van der Waals surface area contributed by atoms with Crippen molar-refractivity contribution in [3.63, 3.8) is 0 Å². The van der Waals surface area contributed by atoms with Crippen molar-refractivity contribution >= 4 is 30.1 Å². The van der Waals surface area contributed by atoms with Gasteiger partial charge in [-0.05, 0) is 6.07 Å². The minimum Gasteiger partial charge on any atom is -0.424 e. The molecule has 5 unspecified atom stereocenters. The molecule has 5 atom stereocenters. The zero-order chi connectivity index (χ0) is 23.3. The maximum absolute atomic E-state index is 14.9. The van der Waals surface area contributed by atoms with E-state index in [1.54, 1.807) is 29.2 Å². The van der Waals surface area contributed by atoms with Crippen molar-refractivity contribution in [3.05, 3.63) is 61.9 Å². The van der Waals surface area contributed by atoms with Crippen molar-refractivity contribution < 1.29 is 36.6 Å². The van der Waals surface area contributed by atoms with Crippen LogP contribution >= 0.6 is 18.3 Å². The van der Waals surface area contributed by atoms with Crippen molar-refractivity contribution in [2.45, 2.75) is 37.1 Å². The Labute approximate surface area is 187 Å². The molecule has 0 spiro atoms. The predicted octanol–water partition coefficient (Wildman–Crippen LogP) is 2.27. The van der Waals surface area contributed by atoms with Gasteiger partial charge >= 0.3 is 12.4 Å². The Balaban J connectivity index is 1.60. The summed E-state index contributed by atoms with van der Waals surface area (Å²) >= 11 is 10.8. The lowest BCUT2D eigenvalue weighted by Crippen LogP contribution is -2.52. The van der Waals surface area contributed by atoms with Gasteiger partial charge in [0.2, 0.25) is 0 Å². The summed E-state index contributed by atoms with van der Waals surface area (Å²) in [7, 11) is 0. The first-order valence-corrected chi connectivity index (χ1v) is 12.0. The van der Waals surface area contributed by atoms with Gasteiger partial charge in [0.25, 0.3) is 12.0 Å². The highest BCUT2D eigenvalue weighted by Gasteiger charge is 2.62. The molecule has 2 aliphatic heterocycles. The third-order valence-corrected chi connectivity index (χ3v) is 7.43. The Morgan fingerprint density at radius 1 is 1.41 bits per heavy atom. The van der Waals surface area contributed by atoms with E-state index in [2.05, 4.69) is 0 Å². The number of halogens is 4. The van der Waals surface area contributed by atoms with Crippen molar-refractivity contribution in [1.82, 2.24) is 9.55 Å². The van der Waals surface area contributed by atoms with Gasteiger partial charge in [-0.1, -0.05) is 29.8 Å². The first kappa shape index (κ1) is 23.4. The monoisotopic (exact) mass is 514 g/mol. The molecular formula is C17H15ClF3N2O7PS. The molecule has 4 rings (SSSR count). The Hall–Kier alpha value is -1.73. The van der Waals surface area contributed by atoms with Crippen LogP contribution in [0.3, 0.4) is 0 Å². The average molecular weight is 515 g/mol. The molecule has 0 radical (unpaired) electrons. The summed E-state index contributed by atoms with van der Waals surface area (Å²) in [6.45, 7) is -4.70. The molecule has 2 N–H and O–H groups in total. The van der Waals surface area contributed by atoms with Gasteiger partial charge in [0.1, 0.15) is 16.9 Å². The zero-order valence-electron chi connectivity index (χ0n) is 15.8. The second-order valence-corrected chi connectivity index (χ2v) is 10.3.